The molecule has 6 N–H and O–H groups in total. The van der Waals surface area contributed by atoms with Crippen molar-refractivity contribution in [1.29, 1.82) is 0 Å². The topological polar surface area (TPSA) is 180 Å². The molecule has 0 spiro atoms. The molecule has 0 fully saturated rings. The molecule has 0 rings (SSSR count). The maximum atomic E-state index is 0. The van der Waals surface area contributed by atoms with Gasteiger partial charge in [0.1, 0.15) is 0 Å². The Morgan fingerprint density at radius 2 is 0.375 bits per heavy atom. The number of rotatable bonds is 0. The minimum Gasteiger partial charge on any atom is -0.870 e. The first-order valence-electron chi connectivity index (χ1n) is 0. The summed E-state index contributed by atoms with van der Waals surface area (Å²) in [4.78, 5) is 0. The van der Waals surface area contributed by atoms with E-state index in [9.17, 15) is 0 Å². The van der Waals surface area contributed by atoms with E-state index in [4.69, 9.17) is 0 Å². The third-order valence-corrected chi connectivity index (χ3v) is 0. The van der Waals surface area contributed by atoms with Crippen molar-refractivity contribution in [2.24, 2.45) is 0 Å². The van der Waals surface area contributed by atoms with Crippen molar-refractivity contribution in [2.45, 2.75) is 0 Å². The van der Waals surface area contributed by atoms with E-state index in [-0.39, 0.29) is 61.3 Å². The molecule has 0 aromatic heterocycles. The third kappa shape index (κ3) is 952. The van der Waals surface area contributed by atoms with Crippen molar-refractivity contribution in [2.75, 3.05) is 0 Å². The molecule has 0 bridgehead atoms. The molecule has 0 amide bonds. The molecule has 0 aliphatic rings. The van der Waals surface area contributed by atoms with E-state index in [1.807, 2.05) is 0 Å². The monoisotopic (exact) mass is 309 g/mol. The van der Waals surface area contributed by atoms with Gasteiger partial charge in [-0.1, -0.05) is 0 Å². The van der Waals surface area contributed by atoms with Crippen molar-refractivity contribution in [3.63, 3.8) is 0 Å². The Balaban J connectivity index is 0. The molecule has 0 aliphatic heterocycles. The molecule has 6 nitrogen and oxygen atoms in total. The van der Waals surface area contributed by atoms with E-state index in [1.165, 1.54) is 0 Å². The SMILES string of the molecule is [C+4].[OH-].[OH-].[OH-].[OH-].[OH-].[OH-].[Pt+2]. The second-order valence-corrected chi connectivity index (χ2v) is 0. The molecule has 0 unspecified atom stereocenters. The first-order chi connectivity index (χ1) is 0. The van der Waals surface area contributed by atoms with Crippen molar-refractivity contribution in [3.05, 3.63) is 7.43 Å². The zero-order valence-corrected chi connectivity index (χ0v) is 5.77. The zero-order chi connectivity index (χ0) is 0. The van der Waals surface area contributed by atoms with Crippen LogP contribution in [-0.4, -0.2) is 32.9 Å². The van der Waals surface area contributed by atoms with Crippen LogP contribution >= 0.6 is 0 Å². The average Bonchev–Trinajstić information content (AvgIpc) is 0. The van der Waals surface area contributed by atoms with Gasteiger partial charge in [-0.2, -0.15) is 0 Å². The Morgan fingerprint density at radius 1 is 0.375 bits per heavy atom. The van der Waals surface area contributed by atoms with Crippen molar-refractivity contribution < 1.29 is 53.9 Å². The summed E-state index contributed by atoms with van der Waals surface area (Å²) in [7, 11) is 0. The van der Waals surface area contributed by atoms with Gasteiger partial charge < -0.3 is 32.9 Å². The summed E-state index contributed by atoms with van der Waals surface area (Å²) in [6, 6.07) is 0. The summed E-state index contributed by atoms with van der Waals surface area (Å²) in [5.41, 5.74) is 0. The summed E-state index contributed by atoms with van der Waals surface area (Å²) in [6.45, 7) is 0. The molecule has 0 saturated heterocycles. The molecule has 0 saturated carbocycles. The number of hydrogen-bond acceptors (Lipinski definition) is 6. The molecule has 0 aliphatic carbocycles. The summed E-state index contributed by atoms with van der Waals surface area (Å²) in [5.74, 6) is 0. The van der Waals surface area contributed by atoms with E-state index in [0.717, 1.165) is 0 Å². The van der Waals surface area contributed by atoms with Gasteiger partial charge in [0.15, 0.2) is 0 Å². The van der Waals surface area contributed by atoms with Crippen LogP contribution in [0.15, 0.2) is 0 Å². The molecule has 56 valence electrons. The average molecular weight is 309 g/mol. The van der Waals surface area contributed by atoms with Crippen LogP contribution in [0.2, 0.25) is 0 Å². The van der Waals surface area contributed by atoms with Crippen LogP contribution in [0.5, 0.6) is 0 Å². The Hall–Kier alpha value is 0.448. The molecule has 8 heavy (non-hydrogen) atoms. The summed E-state index contributed by atoms with van der Waals surface area (Å²) >= 11 is 0. The molecular formula is CH6O6Pt. The van der Waals surface area contributed by atoms with Gasteiger partial charge in [-0.25, -0.2) is 0 Å². The van der Waals surface area contributed by atoms with Gasteiger partial charge in [0, 0.05) is 0 Å². The van der Waals surface area contributed by atoms with Crippen LogP contribution in [0.3, 0.4) is 0 Å². The Labute approximate surface area is 62.0 Å². The second-order valence-electron chi connectivity index (χ2n) is 0. The van der Waals surface area contributed by atoms with Gasteiger partial charge >= 0.3 is 28.5 Å². The van der Waals surface area contributed by atoms with Crippen LogP contribution in [0.4, 0.5) is 0 Å². The minimum atomic E-state index is 0. The number of hydrogen-bond donors (Lipinski definition) is 0. The minimum absolute atomic E-state index is 0. The van der Waals surface area contributed by atoms with Crippen LogP contribution < -0.4 is 0 Å². The molecule has 0 heterocycles. The predicted molar refractivity (Wildman–Crippen MR) is 14.9 cm³/mol. The fourth-order valence-corrected chi connectivity index (χ4v) is 0. The van der Waals surface area contributed by atoms with Gasteiger partial charge in [-0.3, -0.25) is 0 Å². The van der Waals surface area contributed by atoms with Crippen LogP contribution in [0, 0.1) is 7.43 Å². The van der Waals surface area contributed by atoms with Gasteiger partial charge in [0.2, 0.25) is 0 Å². The first-order valence-corrected chi connectivity index (χ1v) is 0. The Morgan fingerprint density at radius 3 is 0.375 bits per heavy atom. The predicted octanol–water partition coefficient (Wildman–Crippen LogP) is -0.982. The Bertz CT molecular complexity index is 8.49. The summed E-state index contributed by atoms with van der Waals surface area (Å²) in [5, 5.41) is 0. The van der Waals surface area contributed by atoms with E-state index in [2.05, 4.69) is 0 Å². The molecular weight excluding hydrogens is 303 g/mol. The normalized spacial score (nSPS) is 0. The van der Waals surface area contributed by atoms with Crippen molar-refractivity contribution >= 4 is 0 Å². The van der Waals surface area contributed by atoms with Crippen LogP contribution in [0.1, 0.15) is 0 Å². The van der Waals surface area contributed by atoms with Gasteiger partial charge in [0.05, 0.1) is 0 Å². The van der Waals surface area contributed by atoms with Gasteiger partial charge in [-0.05, 0) is 0 Å². The standard InChI is InChI=1S/C.6H2O.Pt/h;6*1H2;/q+4;;;;;;;+2/p-6. The molecule has 0 aromatic carbocycles. The molecule has 0 atom stereocenters. The fourth-order valence-electron chi connectivity index (χ4n) is 0. The summed E-state index contributed by atoms with van der Waals surface area (Å²) < 4.78 is 0. The van der Waals surface area contributed by atoms with Crippen molar-refractivity contribution in [3.8, 4) is 0 Å². The van der Waals surface area contributed by atoms with Crippen LogP contribution in [0.25, 0.3) is 0 Å². The van der Waals surface area contributed by atoms with E-state index in [0.29, 0.717) is 0 Å². The smallest absolute Gasteiger partial charge is 0.870 e. The van der Waals surface area contributed by atoms with Gasteiger partial charge in [0.25, 0.3) is 0 Å². The largest absolute Gasteiger partial charge is 4.00 e. The fraction of sp³-hybridized carbons (Fsp3) is 0. The van der Waals surface area contributed by atoms with E-state index < -0.39 is 0 Å². The van der Waals surface area contributed by atoms with E-state index in [1.54, 1.807) is 0 Å². The third-order valence-electron chi connectivity index (χ3n) is 0. The molecule has 7 heteroatoms. The molecule has 0 radical (unpaired) electrons. The second kappa shape index (κ2) is 1540. The van der Waals surface area contributed by atoms with Gasteiger partial charge in [-0.15, -0.1) is 0 Å². The quantitative estimate of drug-likeness (QED) is 0.554. The zero-order valence-electron chi connectivity index (χ0n) is 3.50. The maximum absolute atomic E-state index is 0. The summed E-state index contributed by atoms with van der Waals surface area (Å²) in [6.07, 6.45) is 0. The first kappa shape index (κ1) is 2330. The Kier molecular flexibility index (Phi) is 449000. The van der Waals surface area contributed by atoms with E-state index >= 15 is 0 Å². The maximum Gasteiger partial charge on any atom is 4.00 e. The molecule has 0 aromatic rings. The van der Waals surface area contributed by atoms with Crippen LogP contribution in [-0.2, 0) is 21.1 Å². The van der Waals surface area contributed by atoms with Crippen molar-refractivity contribution in [1.82, 2.24) is 0 Å².